The summed E-state index contributed by atoms with van der Waals surface area (Å²) in [5.74, 6) is 0. The summed E-state index contributed by atoms with van der Waals surface area (Å²) in [7, 11) is 0. The van der Waals surface area contributed by atoms with Crippen LogP contribution < -0.4 is 16.4 Å². The quantitative estimate of drug-likeness (QED) is 0.683. The molecular formula is C15H14N4O2. The molecule has 0 fully saturated rings. The molecule has 0 aliphatic heterocycles. The number of pyridine rings is 1. The lowest BCUT2D eigenvalue weighted by Gasteiger charge is -2.16. The lowest BCUT2D eigenvalue weighted by molar-refractivity contribution is 0.881. The van der Waals surface area contributed by atoms with E-state index in [2.05, 4.69) is 20.5 Å². The highest BCUT2D eigenvalue weighted by Crippen LogP contribution is 2.22. The van der Waals surface area contributed by atoms with Gasteiger partial charge in [-0.3, -0.25) is 24.8 Å². The highest BCUT2D eigenvalue weighted by atomic mass is 16.1. The van der Waals surface area contributed by atoms with Gasteiger partial charge in [0.1, 0.15) is 0 Å². The van der Waals surface area contributed by atoms with Gasteiger partial charge in [-0.1, -0.05) is 6.07 Å². The normalized spacial score (nSPS) is 12.2. The average Bonchev–Trinajstić information content (AvgIpc) is 2.52. The van der Waals surface area contributed by atoms with Crippen LogP contribution in [0, 0.1) is 0 Å². The Morgan fingerprint density at radius 1 is 1.05 bits per heavy atom. The standard InChI is InChI=1S/C15H14N4O2/c1-9(10-5-7-16-8-6-10)17-12-4-2-3-11-13(12)15(21)19-18-14(11)20/h2-9,17H,1H3,(H,18,20)(H,19,21). The summed E-state index contributed by atoms with van der Waals surface area (Å²) in [4.78, 5) is 27.8. The zero-order valence-corrected chi connectivity index (χ0v) is 11.4. The Kier molecular flexibility index (Phi) is 3.27. The number of nitrogens with zero attached hydrogens (tertiary/aromatic N) is 1. The fourth-order valence-electron chi connectivity index (χ4n) is 2.32. The second-order valence-electron chi connectivity index (χ2n) is 4.78. The number of benzene rings is 1. The number of hydrogen-bond acceptors (Lipinski definition) is 4. The van der Waals surface area contributed by atoms with Crippen molar-refractivity contribution in [1.29, 1.82) is 0 Å². The molecule has 3 rings (SSSR count). The van der Waals surface area contributed by atoms with E-state index in [0.717, 1.165) is 5.56 Å². The molecule has 0 amide bonds. The highest BCUT2D eigenvalue weighted by molar-refractivity contribution is 5.92. The number of H-pyrrole nitrogens is 2. The molecule has 1 unspecified atom stereocenters. The van der Waals surface area contributed by atoms with Crippen LogP contribution in [0.4, 0.5) is 5.69 Å². The molecule has 106 valence electrons. The van der Waals surface area contributed by atoms with Gasteiger partial charge in [-0.2, -0.15) is 0 Å². The summed E-state index contributed by atoms with van der Waals surface area (Å²) in [6.07, 6.45) is 3.43. The van der Waals surface area contributed by atoms with Crippen LogP contribution in [0.25, 0.3) is 10.8 Å². The molecule has 1 atom stereocenters. The first-order valence-corrected chi connectivity index (χ1v) is 6.57. The van der Waals surface area contributed by atoms with Gasteiger partial charge in [0.2, 0.25) is 0 Å². The molecule has 21 heavy (non-hydrogen) atoms. The van der Waals surface area contributed by atoms with E-state index in [4.69, 9.17) is 0 Å². The average molecular weight is 282 g/mol. The van der Waals surface area contributed by atoms with Gasteiger partial charge in [0.05, 0.1) is 10.8 Å². The van der Waals surface area contributed by atoms with Crippen LogP contribution in [0.15, 0.2) is 52.3 Å². The summed E-state index contributed by atoms with van der Waals surface area (Å²) in [6, 6.07) is 8.95. The van der Waals surface area contributed by atoms with Crippen molar-refractivity contribution in [2.24, 2.45) is 0 Å². The van der Waals surface area contributed by atoms with Crippen LogP contribution in [-0.4, -0.2) is 15.2 Å². The van der Waals surface area contributed by atoms with Crippen LogP contribution in [0.1, 0.15) is 18.5 Å². The highest BCUT2D eigenvalue weighted by Gasteiger charge is 2.11. The maximum atomic E-state index is 12.0. The smallest absolute Gasteiger partial charge is 0.272 e. The summed E-state index contributed by atoms with van der Waals surface area (Å²) < 4.78 is 0. The number of hydrogen-bond donors (Lipinski definition) is 3. The predicted molar refractivity (Wildman–Crippen MR) is 81.5 cm³/mol. The molecule has 3 aromatic rings. The van der Waals surface area contributed by atoms with E-state index in [9.17, 15) is 9.59 Å². The Morgan fingerprint density at radius 2 is 1.76 bits per heavy atom. The fourth-order valence-corrected chi connectivity index (χ4v) is 2.32. The van der Waals surface area contributed by atoms with Gasteiger partial charge in [-0.05, 0) is 36.8 Å². The molecule has 3 N–H and O–H groups in total. The summed E-state index contributed by atoms with van der Waals surface area (Å²) >= 11 is 0. The number of aromatic amines is 2. The molecule has 6 nitrogen and oxygen atoms in total. The summed E-state index contributed by atoms with van der Waals surface area (Å²) in [6.45, 7) is 1.98. The van der Waals surface area contributed by atoms with E-state index in [-0.39, 0.29) is 17.2 Å². The molecule has 0 spiro atoms. The minimum Gasteiger partial charge on any atom is -0.378 e. The van der Waals surface area contributed by atoms with Gasteiger partial charge in [0, 0.05) is 24.1 Å². The molecule has 2 aromatic heterocycles. The van der Waals surface area contributed by atoms with Crippen LogP contribution in [0.3, 0.4) is 0 Å². The monoisotopic (exact) mass is 282 g/mol. The number of fused-ring (bicyclic) bond motifs is 1. The van der Waals surface area contributed by atoms with Crippen molar-refractivity contribution in [1.82, 2.24) is 15.2 Å². The first-order chi connectivity index (χ1) is 10.2. The zero-order valence-electron chi connectivity index (χ0n) is 11.4. The Labute approximate surface area is 119 Å². The minimum atomic E-state index is -0.324. The van der Waals surface area contributed by atoms with E-state index in [1.54, 1.807) is 30.6 Å². The van der Waals surface area contributed by atoms with Crippen molar-refractivity contribution in [2.75, 3.05) is 5.32 Å². The lowest BCUT2D eigenvalue weighted by Crippen LogP contribution is -2.20. The van der Waals surface area contributed by atoms with E-state index in [0.29, 0.717) is 16.5 Å². The minimum absolute atomic E-state index is 0.0164. The number of anilines is 1. The Bertz CT molecular complexity index is 883. The molecule has 0 aliphatic rings. The molecule has 0 aliphatic carbocycles. The third-order valence-electron chi connectivity index (χ3n) is 3.40. The second kappa shape index (κ2) is 5.24. The third-order valence-corrected chi connectivity index (χ3v) is 3.40. The molecule has 2 heterocycles. The molecular weight excluding hydrogens is 268 g/mol. The van der Waals surface area contributed by atoms with Gasteiger partial charge in [-0.25, -0.2) is 0 Å². The molecule has 0 saturated carbocycles. The van der Waals surface area contributed by atoms with Crippen molar-refractivity contribution < 1.29 is 0 Å². The van der Waals surface area contributed by atoms with Crippen molar-refractivity contribution in [3.05, 3.63) is 69.0 Å². The van der Waals surface area contributed by atoms with Gasteiger partial charge in [-0.15, -0.1) is 0 Å². The largest absolute Gasteiger partial charge is 0.378 e. The predicted octanol–water partition coefficient (Wildman–Crippen LogP) is 1.78. The molecule has 0 saturated heterocycles. The van der Waals surface area contributed by atoms with Crippen molar-refractivity contribution >= 4 is 16.5 Å². The number of rotatable bonds is 3. The first-order valence-electron chi connectivity index (χ1n) is 6.57. The zero-order chi connectivity index (χ0) is 14.8. The van der Waals surface area contributed by atoms with Gasteiger partial charge in [0.25, 0.3) is 11.1 Å². The molecule has 0 bridgehead atoms. The number of nitrogens with one attached hydrogen (secondary N) is 3. The van der Waals surface area contributed by atoms with E-state index in [1.807, 2.05) is 19.1 Å². The van der Waals surface area contributed by atoms with Crippen LogP contribution in [0.5, 0.6) is 0 Å². The fraction of sp³-hybridized carbons (Fsp3) is 0.133. The van der Waals surface area contributed by atoms with Crippen molar-refractivity contribution in [2.45, 2.75) is 13.0 Å². The van der Waals surface area contributed by atoms with E-state index >= 15 is 0 Å². The van der Waals surface area contributed by atoms with Crippen LogP contribution in [0.2, 0.25) is 0 Å². The molecule has 6 heteroatoms. The van der Waals surface area contributed by atoms with Crippen LogP contribution in [-0.2, 0) is 0 Å². The Hall–Kier alpha value is -2.89. The van der Waals surface area contributed by atoms with Gasteiger partial charge >= 0.3 is 0 Å². The number of aromatic nitrogens is 3. The van der Waals surface area contributed by atoms with E-state index in [1.165, 1.54) is 0 Å². The third kappa shape index (κ3) is 2.43. The van der Waals surface area contributed by atoms with Crippen LogP contribution >= 0.6 is 0 Å². The maximum Gasteiger partial charge on any atom is 0.272 e. The maximum absolute atomic E-state index is 12.0. The Balaban J connectivity index is 2.08. The topological polar surface area (TPSA) is 90.6 Å². The SMILES string of the molecule is CC(Nc1cccc2c(=O)[nH][nH]c(=O)c12)c1ccncc1. The summed E-state index contributed by atoms with van der Waals surface area (Å²) in [5, 5.41) is 8.68. The second-order valence-corrected chi connectivity index (χ2v) is 4.78. The van der Waals surface area contributed by atoms with E-state index < -0.39 is 0 Å². The first kappa shape index (κ1) is 13.1. The van der Waals surface area contributed by atoms with Gasteiger partial charge in [0.15, 0.2) is 0 Å². The van der Waals surface area contributed by atoms with Crippen molar-refractivity contribution in [3.8, 4) is 0 Å². The van der Waals surface area contributed by atoms with Crippen molar-refractivity contribution in [3.63, 3.8) is 0 Å². The Morgan fingerprint density at radius 3 is 2.52 bits per heavy atom. The lowest BCUT2D eigenvalue weighted by atomic mass is 10.1. The molecule has 1 aromatic carbocycles. The summed E-state index contributed by atoms with van der Waals surface area (Å²) in [5.41, 5.74) is 1.03. The van der Waals surface area contributed by atoms with Gasteiger partial charge < -0.3 is 5.32 Å². The molecule has 0 radical (unpaired) electrons.